The number of ether oxygens (including phenoxy) is 1. The van der Waals surface area contributed by atoms with Gasteiger partial charge in [-0.3, -0.25) is 14.9 Å². The smallest absolute Gasteiger partial charge is 0.273 e. The van der Waals surface area contributed by atoms with Crippen LogP contribution in [-0.2, 0) is 0 Å². The van der Waals surface area contributed by atoms with Gasteiger partial charge in [-0.15, -0.1) is 0 Å². The summed E-state index contributed by atoms with van der Waals surface area (Å²) in [4.78, 5) is 20.8. The summed E-state index contributed by atoms with van der Waals surface area (Å²) in [5, 5.41) is 11.0. The largest absolute Gasteiger partial charge is 0.454 e. The molecule has 0 aliphatic heterocycles. The Hall–Kier alpha value is -1.92. The number of nitro benzene ring substituents is 1. The van der Waals surface area contributed by atoms with Crippen LogP contribution < -0.4 is 4.74 Å². The highest BCUT2D eigenvalue weighted by Gasteiger charge is 2.12. The van der Waals surface area contributed by atoms with Crippen molar-refractivity contribution >= 4 is 39.5 Å². The molecule has 0 atom stereocenters. The van der Waals surface area contributed by atoms with Gasteiger partial charge in [-0.2, -0.15) is 0 Å². The van der Waals surface area contributed by atoms with Crippen LogP contribution in [0.4, 0.5) is 5.69 Å². The van der Waals surface area contributed by atoms with E-state index in [9.17, 15) is 14.9 Å². The molecule has 2 aromatic carbocycles. The summed E-state index contributed by atoms with van der Waals surface area (Å²) in [6.07, 6.45) is 0.666. The number of hydrogen-bond donors (Lipinski definition) is 0. The first-order chi connectivity index (χ1) is 9.51. The third-order valence-electron chi connectivity index (χ3n) is 2.44. The van der Waals surface area contributed by atoms with E-state index in [4.69, 9.17) is 16.3 Å². The Morgan fingerprint density at radius 1 is 1.20 bits per heavy atom. The quantitative estimate of drug-likeness (QED) is 0.455. The minimum absolute atomic E-state index is 0.0937. The molecule has 0 unspecified atom stereocenters. The lowest BCUT2D eigenvalue weighted by atomic mass is 10.2. The number of carbonyl (C=O) groups excluding carboxylic acids is 1. The summed E-state index contributed by atoms with van der Waals surface area (Å²) in [5.41, 5.74) is 0.323. The van der Waals surface area contributed by atoms with E-state index in [-0.39, 0.29) is 16.5 Å². The molecular formula is C13H7BrClNO4. The van der Waals surface area contributed by atoms with Crippen LogP contribution >= 0.6 is 27.5 Å². The first kappa shape index (κ1) is 14.5. The van der Waals surface area contributed by atoms with Crippen LogP contribution in [0.15, 0.2) is 40.9 Å². The second-order valence-electron chi connectivity index (χ2n) is 3.78. The van der Waals surface area contributed by atoms with Gasteiger partial charge in [0.15, 0.2) is 0 Å². The molecule has 2 aromatic rings. The van der Waals surface area contributed by atoms with Gasteiger partial charge in [0, 0.05) is 11.6 Å². The van der Waals surface area contributed by atoms with E-state index in [0.717, 1.165) is 0 Å². The molecule has 7 heteroatoms. The van der Waals surface area contributed by atoms with Gasteiger partial charge in [-0.05, 0) is 40.2 Å². The van der Waals surface area contributed by atoms with E-state index in [1.54, 1.807) is 6.07 Å². The van der Waals surface area contributed by atoms with Gasteiger partial charge in [0.25, 0.3) is 5.69 Å². The molecule has 0 saturated carbocycles. The number of nitrogens with zero attached hydrogens (tertiary/aromatic N) is 1. The Bertz CT molecular complexity index is 690. The minimum Gasteiger partial charge on any atom is -0.454 e. The van der Waals surface area contributed by atoms with Crippen molar-refractivity contribution in [3.63, 3.8) is 0 Å². The van der Waals surface area contributed by atoms with Crippen molar-refractivity contribution in [1.29, 1.82) is 0 Å². The first-order valence-electron chi connectivity index (χ1n) is 5.38. The number of aldehydes is 1. The molecule has 20 heavy (non-hydrogen) atoms. The fraction of sp³-hybridized carbons (Fsp3) is 0. The molecule has 2 rings (SSSR count). The van der Waals surface area contributed by atoms with Gasteiger partial charge in [-0.1, -0.05) is 11.6 Å². The van der Waals surface area contributed by atoms with E-state index >= 15 is 0 Å². The number of halogens is 2. The molecule has 0 heterocycles. The molecule has 0 saturated heterocycles. The van der Waals surface area contributed by atoms with Crippen molar-refractivity contribution in [1.82, 2.24) is 0 Å². The Labute approximate surface area is 127 Å². The van der Waals surface area contributed by atoms with Crippen molar-refractivity contribution in [2.45, 2.75) is 0 Å². The van der Waals surface area contributed by atoms with Gasteiger partial charge >= 0.3 is 0 Å². The second kappa shape index (κ2) is 6.02. The maximum Gasteiger partial charge on any atom is 0.273 e. The van der Waals surface area contributed by atoms with Crippen molar-refractivity contribution in [2.24, 2.45) is 0 Å². The molecular weight excluding hydrogens is 350 g/mol. The van der Waals surface area contributed by atoms with Crippen molar-refractivity contribution < 1.29 is 14.5 Å². The molecule has 0 radical (unpaired) electrons. The lowest BCUT2D eigenvalue weighted by molar-refractivity contribution is -0.384. The van der Waals surface area contributed by atoms with Gasteiger partial charge < -0.3 is 4.74 Å². The Morgan fingerprint density at radius 3 is 2.55 bits per heavy atom. The monoisotopic (exact) mass is 355 g/mol. The summed E-state index contributed by atoms with van der Waals surface area (Å²) >= 11 is 9.22. The van der Waals surface area contributed by atoms with Crippen molar-refractivity contribution in [3.05, 3.63) is 61.6 Å². The molecule has 0 aromatic heterocycles. The Kier molecular flexibility index (Phi) is 4.36. The Balaban J connectivity index is 2.36. The van der Waals surface area contributed by atoms with Crippen molar-refractivity contribution in [3.8, 4) is 11.5 Å². The first-order valence-corrected chi connectivity index (χ1v) is 6.55. The van der Waals surface area contributed by atoms with E-state index in [2.05, 4.69) is 15.9 Å². The predicted octanol–water partition coefficient (Wildman–Crippen LogP) is 4.62. The topological polar surface area (TPSA) is 69.4 Å². The lowest BCUT2D eigenvalue weighted by Gasteiger charge is -2.09. The number of carbonyl (C=O) groups is 1. The average Bonchev–Trinajstić information content (AvgIpc) is 2.42. The number of hydrogen-bond acceptors (Lipinski definition) is 4. The number of benzene rings is 2. The zero-order chi connectivity index (χ0) is 14.7. The maximum atomic E-state index is 10.7. The zero-order valence-corrected chi connectivity index (χ0v) is 12.2. The number of non-ortho nitro benzene ring substituents is 1. The summed E-state index contributed by atoms with van der Waals surface area (Å²) in [6, 6.07) is 8.68. The molecule has 0 bridgehead atoms. The van der Waals surface area contributed by atoms with Crippen LogP contribution in [0.2, 0.25) is 5.02 Å². The van der Waals surface area contributed by atoms with Gasteiger partial charge in [-0.25, -0.2) is 0 Å². The molecule has 5 nitrogen and oxygen atoms in total. The van der Waals surface area contributed by atoms with E-state index in [1.807, 2.05) is 0 Å². The maximum absolute atomic E-state index is 10.7. The van der Waals surface area contributed by atoms with Crippen LogP contribution in [0.1, 0.15) is 10.4 Å². The molecule has 0 aliphatic rings. The predicted molar refractivity (Wildman–Crippen MR) is 77.7 cm³/mol. The summed E-state index contributed by atoms with van der Waals surface area (Å²) in [7, 11) is 0. The highest BCUT2D eigenvalue weighted by Crippen LogP contribution is 2.36. The van der Waals surface area contributed by atoms with E-state index < -0.39 is 4.92 Å². The number of rotatable bonds is 4. The van der Waals surface area contributed by atoms with Gasteiger partial charge in [0.2, 0.25) is 0 Å². The molecule has 0 aliphatic carbocycles. The molecule has 0 fully saturated rings. The fourth-order valence-electron chi connectivity index (χ4n) is 1.48. The second-order valence-corrected chi connectivity index (χ2v) is 5.04. The normalized spacial score (nSPS) is 10.1. The van der Waals surface area contributed by atoms with E-state index in [1.165, 1.54) is 30.3 Å². The molecule has 102 valence electrons. The average molecular weight is 357 g/mol. The highest BCUT2D eigenvalue weighted by molar-refractivity contribution is 9.10. The van der Waals surface area contributed by atoms with Crippen LogP contribution in [0.25, 0.3) is 0 Å². The standard InChI is InChI=1S/C13H7BrClNO4/c14-10-3-2-9(16(18)19)6-13(10)20-12-4-1-8(7-17)5-11(12)15/h1-7H. The highest BCUT2D eigenvalue weighted by atomic mass is 79.9. The summed E-state index contributed by atoms with van der Waals surface area (Å²) in [6.45, 7) is 0. The van der Waals surface area contributed by atoms with Crippen molar-refractivity contribution in [2.75, 3.05) is 0 Å². The summed E-state index contributed by atoms with van der Waals surface area (Å²) < 4.78 is 6.09. The van der Waals surface area contributed by atoms with Crippen LogP contribution in [0, 0.1) is 10.1 Å². The lowest BCUT2D eigenvalue weighted by Crippen LogP contribution is -1.92. The minimum atomic E-state index is -0.517. The molecule has 0 N–H and O–H groups in total. The van der Waals surface area contributed by atoms with Crippen LogP contribution in [0.3, 0.4) is 0 Å². The molecule has 0 spiro atoms. The summed E-state index contributed by atoms with van der Waals surface area (Å²) in [5.74, 6) is 0.568. The Morgan fingerprint density at radius 2 is 1.95 bits per heavy atom. The molecule has 0 amide bonds. The van der Waals surface area contributed by atoms with Crippen LogP contribution in [-0.4, -0.2) is 11.2 Å². The third kappa shape index (κ3) is 3.15. The fourth-order valence-corrected chi connectivity index (χ4v) is 2.03. The SMILES string of the molecule is O=Cc1ccc(Oc2cc([N+](=O)[O-])ccc2Br)c(Cl)c1. The van der Waals surface area contributed by atoms with Crippen LogP contribution in [0.5, 0.6) is 11.5 Å². The third-order valence-corrected chi connectivity index (χ3v) is 3.39. The van der Waals surface area contributed by atoms with Gasteiger partial charge in [0.05, 0.1) is 20.5 Å². The van der Waals surface area contributed by atoms with E-state index in [0.29, 0.717) is 22.1 Å². The van der Waals surface area contributed by atoms with Gasteiger partial charge in [0.1, 0.15) is 17.8 Å². The number of nitro groups is 1. The zero-order valence-electron chi connectivity index (χ0n) is 9.88.